The van der Waals surface area contributed by atoms with E-state index in [-0.39, 0.29) is 12.5 Å². The zero-order valence-corrected chi connectivity index (χ0v) is 12.5. The van der Waals surface area contributed by atoms with Gasteiger partial charge < -0.3 is 10.1 Å². The minimum Gasteiger partial charge on any atom is -0.444 e. The van der Waals surface area contributed by atoms with Crippen LogP contribution in [0.5, 0.6) is 0 Å². The van der Waals surface area contributed by atoms with Gasteiger partial charge in [0, 0.05) is 36.9 Å². The highest BCUT2D eigenvalue weighted by atomic mass is 16.5. The van der Waals surface area contributed by atoms with Crippen LogP contribution in [0.4, 0.5) is 10.5 Å². The molecule has 2 aliphatic rings. The lowest BCUT2D eigenvalue weighted by Gasteiger charge is -2.18. The normalized spacial score (nSPS) is 16.6. The molecule has 2 aliphatic heterocycles. The number of carbonyl (C=O) groups excluding carboxylic acids is 2. The Morgan fingerprint density at radius 3 is 3.00 bits per heavy atom. The number of ether oxygens (including phenoxy) is 1. The fourth-order valence-electron chi connectivity index (χ4n) is 2.41. The Bertz CT molecular complexity index is 715. The predicted molar refractivity (Wildman–Crippen MR) is 82.9 cm³/mol. The van der Waals surface area contributed by atoms with Gasteiger partial charge in [-0.05, 0) is 18.2 Å². The summed E-state index contributed by atoms with van der Waals surface area (Å²) in [5.74, 6) is 2.39. The summed E-state index contributed by atoms with van der Waals surface area (Å²) in [6.45, 7) is 0.635. The fourth-order valence-corrected chi connectivity index (χ4v) is 2.41. The highest BCUT2D eigenvalue weighted by Gasteiger charge is 2.38. The van der Waals surface area contributed by atoms with Crippen molar-refractivity contribution >= 4 is 17.7 Å². The molecule has 118 valence electrons. The van der Waals surface area contributed by atoms with Crippen molar-refractivity contribution < 1.29 is 14.3 Å². The number of hydrogen-bond acceptors (Lipinski definition) is 5. The molecule has 0 radical (unpaired) electrons. The van der Waals surface area contributed by atoms with Crippen LogP contribution in [0.3, 0.4) is 0 Å². The molecule has 2 heterocycles. The third-order valence-corrected chi connectivity index (χ3v) is 3.83. The van der Waals surface area contributed by atoms with E-state index in [0.717, 1.165) is 12.0 Å². The van der Waals surface area contributed by atoms with Crippen LogP contribution in [-0.2, 0) is 11.3 Å². The second-order valence-electron chi connectivity index (χ2n) is 5.47. The Kier molecular flexibility index (Phi) is 3.98. The Balaban J connectivity index is 1.53. The predicted octanol–water partition coefficient (Wildman–Crippen LogP) is 2.44. The van der Waals surface area contributed by atoms with Gasteiger partial charge in [0.25, 0.3) is 5.91 Å². The van der Waals surface area contributed by atoms with E-state index in [1.165, 1.54) is 0 Å². The highest BCUT2D eigenvalue weighted by Crippen LogP contribution is 2.36. The van der Waals surface area contributed by atoms with E-state index < -0.39 is 11.8 Å². The summed E-state index contributed by atoms with van der Waals surface area (Å²) in [6, 6.07) is 5.08. The second-order valence-corrected chi connectivity index (χ2v) is 5.47. The van der Waals surface area contributed by atoms with E-state index in [0.29, 0.717) is 30.6 Å². The Labute approximate surface area is 133 Å². The minimum absolute atomic E-state index is 0.162. The molecule has 0 spiro atoms. The summed E-state index contributed by atoms with van der Waals surface area (Å²) >= 11 is 0. The molecule has 7 nitrogen and oxygen atoms in total. The first kappa shape index (κ1) is 15.0. The first-order valence-corrected chi connectivity index (χ1v) is 7.34. The average Bonchev–Trinajstić information content (AvgIpc) is 3.32. The monoisotopic (exact) mass is 312 g/mol. The second kappa shape index (κ2) is 6.08. The smallest absolute Gasteiger partial charge is 0.411 e. The summed E-state index contributed by atoms with van der Waals surface area (Å²) in [5, 5.41) is 13.5. The van der Waals surface area contributed by atoms with Crippen molar-refractivity contribution in [2.45, 2.75) is 31.5 Å². The summed E-state index contributed by atoms with van der Waals surface area (Å²) in [7, 11) is 0. The molecular formula is C16H16N4O3. The molecule has 0 saturated heterocycles. The van der Waals surface area contributed by atoms with E-state index >= 15 is 0 Å². The lowest BCUT2D eigenvalue weighted by molar-refractivity contribution is 0.0951. The van der Waals surface area contributed by atoms with Gasteiger partial charge >= 0.3 is 6.09 Å². The molecule has 2 N–H and O–H groups in total. The van der Waals surface area contributed by atoms with Crippen LogP contribution in [0.25, 0.3) is 0 Å². The van der Waals surface area contributed by atoms with Crippen LogP contribution in [0, 0.1) is 12.3 Å². The number of benzene rings is 1. The summed E-state index contributed by atoms with van der Waals surface area (Å²) in [6.07, 6.45) is 6.74. The number of amides is 2. The van der Waals surface area contributed by atoms with Crippen molar-refractivity contribution in [3.05, 3.63) is 29.3 Å². The molecule has 0 aromatic heterocycles. The lowest BCUT2D eigenvalue weighted by Crippen LogP contribution is -2.28. The van der Waals surface area contributed by atoms with Gasteiger partial charge in [0.15, 0.2) is 5.66 Å². The van der Waals surface area contributed by atoms with Crippen molar-refractivity contribution in [3.63, 3.8) is 0 Å². The van der Waals surface area contributed by atoms with E-state index in [2.05, 4.69) is 26.8 Å². The first-order valence-electron chi connectivity index (χ1n) is 7.34. The molecule has 0 unspecified atom stereocenters. The van der Waals surface area contributed by atoms with E-state index in [1.807, 2.05) is 0 Å². The Morgan fingerprint density at radius 2 is 2.26 bits per heavy atom. The number of nitrogens with one attached hydrogen (secondary N) is 2. The maximum absolute atomic E-state index is 12.2. The maximum Gasteiger partial charge on any atom is 0.411 e. The van der Waals surface area contributed by atoms with Gasteiger partial charge in [-0.15, -0.1) is 12.3 Å². The van der Waals surface area contributed by atoms with Gasteiger partial charge in [-0.2, -0.15) is 10.2 Å². The van der Waals surface area contributed by atoms with Crippen LogP contribution < -0.4 is 10.6 Å². The molecule has 0 fully saturated rings. The average molecular weight is 312 g/mol. The van der Waals surface area contributed by atoms with Crippen molar-refractivity contribution in [1.82, 2.24) is 5.32 Å². The topological polar surface area (TPSA) is 92.1 Å². The largest absolute Gasteiger partial charge is 0.444 e. The number of anilines is 1. The number of fused-ring (bicyclic) bond motifs is 1. The third kappa shape index (κ3) is 3.48. The quantitative estimate of drug-likeness (QED) is 0.790. The van der Waals surface area contributed by atoms with Crippen LogP contribution in [0.2, 0.25) is 0 Å². The number of hydrogen-bond donors (Lipinski definition) is 2. The first-order chi connectivity index (χ1) is 11.1. The molecule has 0 saturated carbocycles. The van der Waals surface area contributed by atoms with Crippen molar-refractivity contribution in [2.24, 2.45) is 10.2 Å². The van der Waals surface area contributed by atoms with Crippen LogP contribution in [0.1, 0.15) is 35.2 Å². The number of carbonyl (C=O) groups is 2. The number of nitrogens with zero attached hydrogens (tertiary/aromatic N) is 2. The number of terminal acetylenes is 1. The Hall–Kier alpha value is -2.88. The molecule has 2 amide bonds. The number of cyclic esters (lactones) is 1. The summed E-state index contributed by atoms with van der Waals surface area (Å²) in [4.78, 5) is 23.3. The van der Waals surface area contributed by atoms with Crippen LogP contribution in [0.15, 0.2) is 28.4 Å². The molecule has 0 atom stereocenters. The summed E-state index contributed by atoms with van der Waals surface area (Å²) < 4.78 is 4.89. The van der Waals surface area contributed by atoms with Crippen molar-refractivity contribution in [2.75, 3.05) is 11.9 Å². The molecule has 0 aliphatic carbocycles. The van der Waals surface area contributed by atoms with Crippen molar-refractivity contribution in [3.8, 4) is 12.3 Å². The third-order valence-electron chi connectivity index (χ3n) is 3.83. The zero-order valence-electron chi connectivity index (χ0n) is 12.5. The zero-order chi connectivity index (χ0) is 16.3. The standard InChI is InChI=1S/C16H16N4O3/c1-2-3-6-16(19-20-16)7-8-17-14(21)11-4-5-13-12(9-11)10-23-15(22)18-13/h1,4-5,9H,3,6-8,10H2,(H,17,21)(H,18,22). The van der Waals surface area contributed by atoms with E-state index in [4.69, 9.17) is 11.2 Å². The fraction of sp³-hybridized carbons (Fsp3) is 0.375. The molecule has 0 bridgehead atoms. The minimum atomic E-state index is -0.482. The van der Waals surface area contributed by atoms with Gasteiger partial charge in [-0.3, -0.25) is 10.1 Å². The van der Waals surface area contributed by atoms with Gasteiger partial charge in [-0.25, -0.2) is 4.79 Å². The summed E-state index contributed by atoms with van der Waals surface area (Å²) in [5.41, 5.74) is 1.57. The van der Waals surface area contributed by atoms with E-state index in [1.54, 1.807) is 18.2 Å². The van der Waals surface area contributed by atoms with Gasteiger partial charge in [0.05, 0.1) is 5.69 Å². The van der Waals surface area contributed by atoms with Gasteiger partial charge in [0.1, 0.15) is 6.61 Å². The van der Waals surface area contributed by atoms with Crippen LogP contribution >= 0.6 is 0 Å². The SMILES string of the molecule is C#CCCC1(CCNC(=O)c2ccc3c(c2)COC(=O)N3)N=N1. The molecule has 3 rings (SSSR count). The molecular weight excluding hydrogens is 296 g/mol. The maximum atomic E-state index is 12.2. The van der Waals surface area contributed by atoms with E-state index in [9.17, 15) is 9.59 Å². The van der Waals surface area contributed by atoms with Gasteiger partial charge in [0.2, 0.25) is 0 Å². The molecule has 23 heavy (non-hydrogen) atoms. The van der Waals surface area contributed by atoms with Gasteiger partial charge in [-0.1, -0.05) is 0 Å². The highest BCUT2D eigenvalue weighted by molar-refractivity contribution is 5.96. The van der Waals surface area contributed by atoms with Crippen molar-refractivity contribution in [1.29, 1.82) is 0 Å². The molecule has 1 aromatic rings. The van der Waals surface area contributed by atoms with Crippen LogP contribution in [-0.4, -0.2) is 24.2 Å². The molecule has 7 heteroatoms. The molecule has 1 aromatic carbocycles. The number of rotatable bonds is 6. The Morgan fingerprint density at radius 1 is 1.43 bits per heavy atom. The lowest BCUT2D eigenvalue weighted by atomic mass is 10.0.